The number of H-pyrrole nitrogens is 1. The topological polar surface area (TPSA) is 211 Å². The van der Waals surface area contributed by atoms with Crippen LogP contribution < -0.4 is 29.1 Å². The summed E-state index contributed by atoms with van der Waals surface area (Å²) in [5, 5.41) is 26.3. The molecule has 5 aliphatic rings. The number of anilines is 2. The van der Waals surface area contributed by atoms with E-state index in [0.717, 1.165) is 69.3 Å². The lowest BCUT2D eigenvalue weighted by Gasteiger charge is -2.56. The number of nitrogens with one attached hydrogen (secondary N) is 3. The van der Waals surface area contributed by atoms with Crippen LogP contribution in [0.4, 0.5) is 21.5 Å². The number of aliphatic hydroxyl groups is 1. The fourth-order valence-corrected chi connectivity index (χ4v) is 12.9. The largest absolute Gasteiger partial charge is 0.489 e. The number of sulfonamides is 1. The first-order chi connectivity index (χ1) is 34.9. The van der Waals surface area contributed by atoms with E-state index in [9.17, 15) is 28.4 Å². The summed E-state index contributed by atoms with van der Waals surface area (Å²) >= 11 is 0. The van der Waals surface area contributed by atoms with E-state index in [0.29, 0.717) is 43.7 Å². The Balaban J connectivity index is 0.904. The van der Waals surface area contributed by atoms with Crippen LogP contribution in [0.3, 0.4) is 0 Å². The predicted molar refractivity (Wildman–Crippen MR) is 274 cm³/mol. The Morgan fingerprint density at radius 1 is 1.03 bits per heavy atom. The molecule has 10 rings (SSSR count). The van der Waals surface area contributed by atoms with Gasteiger partial charge < -0.3 is 39.3 Å². The van der Waals surface area contributed by atoms with Gasteiger partial charge in [-0.2, -0.15) is 4.98 Å². The number of carbonyl (C=O) groups excluding carboxylic acids is 1. The van der Waals surface area contributed by atoms with E-state index in [1.54, 1.807) is 26.0 Å². The highest BCUT2D eigenvalue weighted by atomic mass is 32.2. The minimum Gasteiger partial charge on any atom is -0.489 e. The number of carbonyl (C=O) groups is 1. The molecule has 2 saturated carbocycles. The van der Waals surface area contributed by atoms with E-state index in [-0.39, 0.29) is 82.1 Å². The Hall–Kier alpha value is -6.02. The summed E-state index contributed by atoms with van der Waals surface area (Å²) in [4.78, 5) is 37.9. The number of amides is 1. The number of hydrogen-bond acceptors (Lipinski definition) is 14. The maximum absolute atomic E-state index is 15.1. The number of halogens is 1. The van der Waals surface area contributed by atoms with Gasteiger partial charge in [0.05, 0.1) is 38.5 Å². The van der Waals surface area contributed by atoms with E-state index in [1.807, 2.05) is 0 Å². The van der Waals surface area contributed by atoms with Crippen LogP contribution in [-0.2, 0) is 14.8 Å². The summed E-state index contributed by atoms with van der Waals surface area (Å²) in [6.45, 7) is 10.9. The van der Waals surface area contributed by atoms with Crippen LogP contribution in [0, 0.1) is 27.3 Å². The highest BCUT2D eigenvalue weighted by molar-refractivity contribution is 7.90. The van der Waals surface area contributed by atoms with Gasteiger partial charge in [-0.05, 0) is 125 Å². The zero-order valence-electron chi connectivity index (χ0n) is 42.1. The molecule has 1 spiro atoms. The lowest BCUT2D eigenvalue weighted by Crippen LogP contribution is -2.54. The number of aromatic nitrogens is 2. The third-order valence-corrected chi connectivity index (χ3v) is 17.6. The molecule has 3 aliphatic heterocycles. The Kier molecular flexibility index (Phi) is 13.8. The highest BCUT2D eigenvalue weighted by Gasteiger charge is 2.50. The van der Waals surface area contributed by atoms with Crippen molar-refractivity contribution in [2.24, 2.45) is 11.3 Å². The summed E-state index contributed by atoms with van der Waals surface area (Å²) in [5.74, 6) is -1.31. The van der Waals surface area contributed by atoms with Crippen LogP contribution in [0.2, 0.25) is 0 Å². The van der Waals surface area contributed by atoms with Gasteiger partial charge >= 0.3 is 0 Å². The molecule has 2 aliphatic carbocycles. The molecule has 5 heterocycles. The first-order valence-corrected chi connectivity index (χ1v) is 27.1. The van der Waals surface area contributed by atoms with Crippen molar-refractivity contribution in [3.8, 4) is 23.1 Å². The minimum absolute atomic E-state index is 0.0254. The number of hydrogen-bond donors (Lipinski definition) is 4. The van der Waals surface area contributed by atoms with Gasteiger partial charge in [0.15, 0.2) is 17.2 Å². The average Bonchev–Trinajstić information content (AvgIpc) is 4.00. The van der Waals surface area contributed by atoms with Gasteiger partial charge in [-0.25, -0.2) is 17.5 Å². The second kappa shape index (κ2) is 20.0. The van der Waals surface area contributed by atoms with Crippen molar-refractivity contribution in [1.29, 1.82) is 0 Å². The maximum atomic E-state index is 15.1. The first kappa shape index (κ1) is 50.5. The number of ether oxygens (including phenoxy) is 4. The number of pyridine rings is 1. The molecule has 17 nitrogen and oxygen atoms in total. The van der Waals surface area contributed by atoms with E-state index < -0.39 is 42.9 Å². The molecule has 4 N–H and O–H groups in total. The molecule has 2 aromatic heterocycles. The first-order valence-electron chi connectivity index (χ1n) is 25.7. The van der Waals surface area contributed by atoms with Crippen molar-refractivity contribution < 1.29 is 46.6 Å². The molecule has 3 aromatic carbocycles. The van der Waals surface area contributed by atoms with E-state index >= 15 is 4.39 Å². The number of aromatic amines is 1. The smallest absolute Gasteiger partial charge is 0.297 e. The zero-order chi connectivity index (χ0) is 51.4. The maximum Gasteiger partial charge on any atom is 0.297 e. The minimum atomic E-state index is -4.78. The fourth-order valence-electron chi connectivity index (χ4n) is 11.9. The van der Waals surface area contributed by atoms with Gasteiger partial charge in [-0.15, -0.1) is 0 Å². The normalized spacial score (nSPS) is 23.6. The fraction of sp³-hybridized carbons (Fsp3) is 0.519. The molecule has 390 valence electrons. The Labute approximate surface area is 425 Å². The number of methoxy groups -OCH3 is 1. The quantitative estimate of drug-likeness (QED) is 0.0568. The molecule has 4 fully saturated rings. The molecular weight excluding hydrogens is 958 g/mol. The number of nitro benzene ring substituents is 1. The summed E-state index contributed by atoms with van der Waals surface area (Å²) in [6, 6.07) is 17.9. The molecular formula is C54H66FN7O10S. The van der Waals surface area contributed by atoms with Gasteiger partial charge in [0.25, 0.3) is 27.5 Å². The van der Waals surface area contributed by atoms with Crippen LogP contribution in [0.1, 0.15) is 125 Å². The average molecular weight is 1020 g/mol. The van der Waals surface area contributed by atoms with Gasteiger partial charge in [0.2, 0.25) is 0 Å². The standard InChI is InChI=1S/C54H66FN7O10S/c1-32(2)38-9-6-7-10-39(38)44-11-8-20-61(44)36-27-54(28-36)18-21-60(22-19-54)35-12-13-40(46(23-35)72-48-26-41-42(55)29-56-50(41)58-52(48)71-30-33(3)69-5)51(63)59-73(67,68)37-24-45(62(65)66)49-47(25-37)70-31-43(57-49)34-14-16-53(4,64)17-15-34/h6-7,9-10,12-13,23-26,29,32-34,36,43-44,57,64H,8,11,14-22,27-28,30-31H2,1-5H3,(H,56,58)(H,59,63)/t33-,34-,43-,44-,53-/m1/s1. The van der Waals surface area contributed by atoms with Crippen LogP contribution in [-0.4, -0.2) is 103 Å². The van der Waals surface area contributed by atoms with Crippen molar-refractivity contribution in [1.82, 2.24) is 19.6 Å². The number of fused-ring (bicyclic) bond motifs is 2. The highest BCUT2D eigenvalue weighted by Crippen LogP contribution is 2.54. The van der Waals surface area contributed by atoms with Crippen molar-refractivity contribution in [2.45, 2.75) is 133 Å². The Morgan fingerprint density at radius 3 is 2.51 bits per heavy atom. The lowest BCUT2D eigenvalue weighted by atomic mass is 9.59. The number of benzene rings is 3. The lowest BCUT2D eigenvalue weighted by molar-refractivity contribution is -0.384. The van der Waals surface area contributed by atoms with E-state index in [1.165, 1.54) is 43.2 Å². The number of likely N-dealkylation sites (tertiary alicyclic amines) is 1. The molecule has 0 radical (unpaired) electrons. The molecule has 1 amide bonds. The Bertz CT molecular complexity index is 2990. The van der Waals surface area contributed by atoms with Crippen molar-refractivity contribution in [2.75, 3.05) is 50.2 Å². The summed E-state index contributed by atoms with van der Waals surface area (Å²) < 4.78 is 69.4. The van der Waals surface area contributed by atoms with Crippen molar-refractivity contribution in [3.63, 3.8) is 0 Å². The third kappa shape index (κ3) is 10.3. The molecule has 2 saturated heterocycles. The number of nitrogens with zero attached hydrogens (tertiary/aromatic N) is 4. The van der Waals surface area contributed by atoms with Crippen molar-refractivity contribution in [3.05, 3.63) is 99.5 Å². The summed E-state index contributed by atoms with van der Waals surface area (Å²) in [5.41, 5.74) is 2.59. The van der Waals surface area contributed by atoms with E-state index in [2.05, 4.69) is 67.9 Å². The van der Waals surface area contributed by atoms with Gasteiger partial charge in [0, 0.05) is 68.4 Å². The summed E-state index contributed by atoms with van der Waals surface area (Å²) in [6.07, 6.45) is 9.92. The van der Waals surface area contributed by atoms with Gasteiger partial charge in [0.1, 0.15) is 30.4 Å². The number of nitro groups is 1. The number of rotatable bonds is 15. The van der Waals surface area contributed by atoms with Gasteiger partial charge in [-0.1, -0.05) is 38.1 Å². The SMILES string of the molecule is CO[C@H](C)COc1nc2[nH]cc(F)c2cc1Oc1cc(N2CCC3(CC2)CC(N2CCC[C@@H]2c2ccccc2C(C)C)C3)ccc1C(=O)NS(=O)(=O)c1cc2c(c([N+](=O)[O-])c1)N[C@@H]([C@H]1CC[C@](C)(O)CC1)CO2. The molecule has 3 atom stereocenters. The van der Waals surface area contributed by atoms with Crippen LogP contribution >= 0.6 is 0 Å². The molecule has 5 aromatic rings. The third-order valence-electron chi connectivity index (χ3n) is 16.3. The van der Waals surface area contributed by atoms with Crippen LogP contribution in [0.25, 0.3) is 11.0 Å². The Morgan fingerprint density at radius 2 is 1.78 bits per heavy atom. The van der Waals surface area contributed by atoms with E-state index in [4.69, 9.17) is 18.9 Å². The van der Waals surface area contributed by atoms with Crippen LogP contribution in [0.5, 0.6) is 23.1 Å². The molecule has 19 heteroatoms. The monoisotopic (exact) mass is 1020 g/mol. The van der Waals surface area contributed by atoms with Crippen LogP contribution in [0.15, 0.2) is 71.8 Å². The molecule has 0 bridgehead atoms. The van der Waals surface area contributed by atoms with Gasteiger partial charge in [-0.3, -0.25) is 19.8 Å². The number of piperidine rings is 1. The zero-order valence-corrected chi connectivity index (χ0v) is 42.9. The van der Waals surface area contributed by atoms with Crippen molar-refractivity contribution >= 4 is 44.0 Å². The molecule has 73 heavy (non-hydrogen) atoms. The second-order valence-corrected chi connectivity index (χ2v) is 23.3. The predicted octanol–water partition coefficient (Wildman–Crippen LogP) is 9.76. The summed E-state index contributed by atoms with van der Waals surface area (Å²) in [7, 11) is -3.25. The second-order valence-electron chi connectivity index (χ2n) is 21.6. The molecule has 0 unspecified atom stereocenters.